The molecule has 1 fully saturated rings. The number of rotatable bonds is 2. The summed E-state index contributed by atoms with van der Waals surface area (Å²) in [5.41, 5.74) is 1.34. The van der Waals surface area contributed by atoms with Gasteiger partial charge in [0.05, 0.1) is 19.3 Å². The van der Waals surface area contributed by atoms with E-state index >= 15 is 0 Å². The lowest BCUT2D eigenvalue weighted by atomic mass is 10.0. The molecule has 2 aromatic rings. The smallest absolute Gasteiger partial charge is 0.254 e. The summed E-state index contributed by atoms with van der Waals surface area (Å²) in [5, 5.41) is 3.29. The second-order valence-corrected chi connectivity index (χ2v) is 6.49. The van der Waals surface area contributed by atoms with Crippen LogP contribution in [0.15, 0.2) is 42.5 Å². The van der Waals surface area contributed by atoms with Gasteiger partial charge in [-0.15, -0.1) is 0 Å². The van der Waals surface area contributed by atoms with Gasteiger partial charge in [0.25, 0.3) is 5.91 Å². The molecule has 0 aromatic heterocycles. The number of nitrogens with zero attached hydrogens (tertiary/aromatic N) is 1. The van der Waals surface area contributed by atoms with Crippen LogP contribution < -0.4 is 14.8 Å². The molecule has 136 valence electrons. The molecule has 6 heteroatoms. The Kier molecular flexibility index (Phi) is 4.75. The average Bonchev–Trinajstić information content (AvgIpc) is 2.92. The third kappa shape index (κ3) is 3.37. The lowest BCUT2D eigenvalue weighted by Gasteiger charge is -2.36. The van der Waals surface area contributed by atoms with Crippen LogP contribution in [0.25, 0.3) is 0 Å². The Balaban J connectivity index is 1.62. The highest BCUT2D eigenvalue weighted by atomic mass is 19.1. The lowest BCUT2D eigenvalue weighted by molar-refractivity contribution is 0.0633. The molecule has 0 aliphatic carbocycles. The SMILES string of the molecule is O=C(c1ccc2c(c1)OCCCO2)N1CCNCC1c1cccc(F)c1. The van der Waals surface area contributed by atoms with Crippen molar-refractivity contribution >= 4 is 5.91 Å². The van der Waals surface area contributed by atoms with Gasteiger partial charge in [0.2, 0.25) is 0 Å². The summed E-state index contributed by atoms with van der Waals surface area (Å²) in [6.07, 6.45) is 0.817. The Labute approximate surface area is 151 Å². The number of ether oxygens (including phenoxy) is 2. The number of carbonyl (C=O) groups excluding carboxylic acids is 1. The molecule has 1 N–H and O–H groups in total. The number of carbonyl (C=O) groups is 1. The standard InChI is InChI=1S/C20H21FN2O3/c21-16-4-1-3-14(11-16)17-13-22-7-8-23(17)20(24)15-5-6-18-19(12-15)26-10-2-9-25-18/h1,3-6,11-12,17,22H,2,7-10,13H2. The molecule has 2 aliphatic rings. The van der Waals surface area contributed by atoms with E-state index in [4.69, 9.17) is 9.47 Å². The van der Waals surface area contributed by atoms with E-state index in [1.165, 1.54) is 12.1 Å². The van der Waals surface area contributed by atoms with Crippen LogP contribution >= 0.6 is 0 Å². The van der Waals surface area contributed by atoms with E-state index in [-0.39, 0.29) is 17.8 Å². The van der Waals surface area contributed by atoms with Crippen molar-refractivity contribution in [3.63, 3.8) is 0 Å². The summed E-state index contributed by atoms with van der Waals surface area (Å²) in [5.74, 6) is 0.888. The first-order valence-electron chi connectivity index (χ1n) is 8.89. The largest absolute Gasteiger partial charge is 0.490 e. The van der Waals surface area contributed by atoms with Crippen molar-refractivity contribution in [2.24, 2.45) is 0 Å². The number of hydrogen-bond acceptors (Lipinski definition) is 4. The summed E-state index contributed by atoms with van der Waals surface area (Å²) in [6, 6.07) is 11.5. The second kappa shape index (κ2) is 7.33. The lowest BCUT2D eigenvalue weighted by Crippen LogP contribution is -2.48. The molecule has 1 amide bonds. The van der Waals surface area contributed by atoms with E-state index in [1.54, 1.807) is 29.2 Å². The van der Waals surface area contributed by atoms with E-state index < -0.39 is 0 Å². The number of amides is 1. The third-order valence-corrected chi connectivity index (χ3v) is 4.73. The van der Waals surface area contributed by atoms with Crippen LogP contribution in [0.5, 0.6) is 11.5 Å². The van der Waals surface area contributed by atoms with E-state index in [0.29, 0.717) is 49.9 Å². The fourth-order valence-corrected chi connectivity index (χ4v) is 3.42. The van der Waals surface area contributed by atoms with Gasteiger partial charge >= 0.3 is 0 Å². The molecule has 26 heavy (non-hydrogen) atoms. The quantitative estimate of drug-likeness (QED) is 0.899. The minimum absolute atomic E-state index is 0.0867. The zero-order chi connectivity index (χ0) is 17.9. The molecular weight excluding hydrogens is 335 g/mol. The summed E-state index contributed by atoms with van der Waals surface area (Å²) in [6.45, 7) is 3.06. The molecule has 0 spiro atoms. The highest BCUT2D eigenvalue weighted by molar-refractivity contribution is 5.95. The molecule has 5 nitrogen and oxygen atoms in total. The minimum Gasteiger partial charge on any atom is -0.490 e. The van der Waals surface area contributed by atoms with Gasteiger partial charge in [-0.1, -0.05) is 12.1 Å². The van der Waals surface area contributed by atoms with Crippen LogP contribution in [-0.2, 0) is 0 Å². The van der Waals surface area contributed by atoms with Crippen molar-refractivity contribution in [3.8, 4) is 11.5 Å². The van der Waals surface area contributed by atoms with Crippen molar-refractivity contribution in [1.82, 2.24) is 10.2 Å². The number of hydrogen-bond donors (Lipinski definition) is 1. The van der Waals surface area contributed by atoms with E-state index in [9.17, 15) is 9.18 Å². The summed E-state index contributed by atoms with van der Waals surface area (Å²) in [4.78, 5) is 14.9. The van der Waals surface area contributed by atoms with Gasteiger partial charge in [-0.05, 0) is 35.9 Å². The van der Waals surface area contributed by atoms with Crippen LogP contribution in [0, 0.1) is 5.82 Å². The molecule has 4 rings (SSSR count). The molecule has 1 unspecified atom stereocenters. The Hall–Kier alpha value is -2.60. The minimum atomic E-state index is -0.295. The first-order chi connectivity index (χ1) is 12.7. The van der Waals surface area contributed by atoms with Gasteiger partial charge in [-0.2, -0.15) is 0 Å². The predicted octanol–water partition coefficient (Wildman–Crippen LogP) is 2.77. The van der Waals surface area contributed by atoms with E-state index in [1.807, 2.05) is 6.07 Å². The Morgan fingerprint density at radius 3 is 2.81 bits per heavy atom. The zero-order valence-corrected chi connectivity index (χ0v) is 14.4. The van der Waals surface area contributed by atoms with E-state index in [2.05, 4.69) is 5.32 Å². The molecule has 0 saturated carbocycles. The molecular formula is C20H21FN2O3. The van der Waals surface area contributed by atoms with Crippen LogP contribution in [0.4, 0.5) is 4.39 Å². The van der Waals surface area contributed by atoms with Gasteiger partial charge in [0.1, 0.15) is 5.82 Å². The van der Waals surface area contributed by atoms with Gasteiger partial charge in [-0.25, -0.2) is 4.39 Å². The number of halogens is 1. The number of fused-ring (bicyclic) bond motifs is 1. The fraction of sp³-hybridized carbons (Fsp3) is 0.350. The molecule has 2 aromatic carbocycles. The molecule has 2 aliphatic heterocycles. The first-order valence-corrected chi connectivity index (χ1v) is 8.89. The second-order valence-electron chi connectivity index (χ2n) is 6.49. The maximum absolute atomic E-state index is 13.6. The molecule has 2 heterocycles. The Morgan fingerprint density at radius 1 is 1.12 bits per heavy atom. The normalized spacial score (nSPS) is 19.7. The van der Waals surface area contributed by atoms with Crippen molar-refractivity contribution in [2.75, 3.05) is 32.8 Å². The summed E-state index contributed by atoms with van der Waals surface area (Å²) < 4.78 is 25.0. The molecule has 0 bridgehead atoms. The Morgan fingerprint density at radius 2 is 1.96 bits per heavy atom. The van der Waals surface area contributed by atoms with Crippen molar-refractivity contribution < 1.29 is 18.7 Å². The maximum atomic E-state index is 13.6. The predicted molar refractivity (Wildman–Crippen MR) is 95.1 cm³/mol. The van der Waals surface area contributed by atoms with Crippen molar-refractivity contribution in [2.45, 2.75) is 12.5 Å². The van der Waals surface area contributed by atoms with E-state index in [0.717, 1.165) is 12.0 Å². The number of nitrogens with one attached hydrogen (secondary N) is 1. The number of piperazine rings is 1. The number of benzene rings is 2. The molecule has 1 saturated heterocycles. The zero-order valence-electron chi connectivity index (χ0n) is 14.4. The van der Waals surface area contributed by atoms with Crippen LogP contribution in [0.3, 0.4) is 0 Å². The van der Waals surface area contributed by atoms with Crippen molar-refractivity contribution in [1.29, 1.82) is 0 Å². The average molecular weight is 356 g/mol. The highest BCUT2D eigenvalue weighted by Crippen LogP contribution is 2.32. The van der Waals surface area contributed by atoms with Gasteiger partial charge in [0.15, 0.2) is 11.5 Å². The monoisotopic (exact) mass is 356 g/mol. The van der Waals surface area contributed by atoms with Crippen LogP contribution in [0.1, 0.15) is 28.4 Å². The summed E-state index contributed by atoms with van der Waals surface area (Å²) in [7, 11) is 0. The maximum Gasteiger partial charge on any atom is 0.254 e. The molecule has 1 atom stereocenters. The van der Waals surface area contributed by atoms with Crippen LogP contribution in [0.2, 0.25) is 0 Å². The Bertz CT molecular complexity index is 811. The van der Waals surface area contributed by atoms with Crippen LogP contribution in [-0.4, -0.2) is 43.7 Å². The van der Waals surface area contributed by atoms with Crippen molar-refractivity contribution in [3.05, 3.63) is 59.4 Å². The van der Waals surface area contributed by atoms with Gasteiger partial charge < -0.3 is 19.7 Å². The first kappa shape index (κ1) is 16.8. The van der Waals surface area contributed by atoms with Gasteiger partial charge in [0, 0.05) is 31.6 Å². The summed E-state index contributed by atoms with van der Waals surface area (Å²) >= 11 is 0. The molecule has 0 radical (unpaired) electrons. The fourth-order valence-electron chi connectivity index (χ4n) is 3.42. The third-order valence-electron chi connectivity index (χ3n) is 4.73. The highest BCUT2D eigenvalue weighted by Gasteiger charge is 2.29. The van der Waals surface area contributed by atoms with Gasteiger partial charge in [-0.3, -0.25) is 4.79 Å². The topological polar surface area (TPSA) is 50.8 Å².